The van der Waals surface area contributed by atoms with Crippen molar-refractivity contribution >= 4 is 27.3 Å². The van der Waals surface area contributed by atoms with E-state index in [-0.39, 0.29) is 6.04 Å². The molecule has 2 aromatic carbocycles. The van der Waals surface area contributed by atoms with Crippen LogP contribution in [0.25, 0.3) is 0 Å². The van der Waals surface area contributed by atoms with Crippen molar-refractivity contribution in [3.05, 3.63) is 58.1 Å². The quantitative estimate of drug-likeness (QED) is 0.841. The molecule has 0 radical (unpaired) electrons. The van der Waals surface area contributed by atoms with E-state index in [1.807, 2.05) is 6.92 Å². The van der Waals surface area contributed by atoms with E-state index in [1.165, 1.54) is 22.5 Å². The molecule has 2 nitrogen and oxygen atoms in total. The Balaban J connectivity index is 2.36. The Bertz CT molecular complexity index is 608. The van der Waals surface area contributed by atoms with E-state index < -0.39 is 0 Å². The molecule has 21 heavy (non-hydrogen) atoms. The molecule has 2 N–H and O–H groups in total. The summed E-state index contributed by atoms with van der Waals surface area (Å²) >= 11 is 3.68. The molecule has 2 rings (SSSR count). The Hall–Kier alpha value is -1.32. The number of benzene rings is 2. The molecular weight excluding hydrogens is 324 g/mol. The Labute approximate surface area is 136 Å². The first-order valence-corrected chi connectivity index (χ1v) is 8.19. The van der Waals surface area contributed by atoms with Gasteiger partial charge in [-0.3, -0.25) is 0 Å². The fourth-order valence-corrected chi connectivity index (χ4v) is 3.10. The Morgan fingerprint density at radius 1 is 1.19 bits per heavy atom. The third-order valence-electron chi connectivity index (χ3n) is 3.61. The van der Waals surface area contributed by atoms with Crippen LogP contribution in [0.5, 0.6) is 0 Å². The first kappa shape index (κ1) is 16.1. The zero-order chi connectivity index (χ0) is 15.4. The topological polar surface area (TPSA) is 29.3 Å². The van der Waals surface area contributed by atoms with Crippen LogP contribution in [0, 0.1) is 6.92 Å². The lowest BCUT2D eigenvalue weighted by atomic mass is 10.1. The molecule has 0 bridgehead atoms. The van der Waals surface area contributed by atoms with Gasteiger partial charge in [-0.15, -0.1) is 0 Å². The summed E-state index contributed by atoms with van der Waals surface area (Å²) in [5.41, 5.74) is 10.9. The van der Waals surface area contributed by atoms with Gasteiger partial charge in [-0.25, -0.2) is 0 Å². The molecule has 0 spiro atoms. The van der Waals surface area contributed by atoms with Crippen LogP contribution in [0.15, 0.2) is 46.9 Å². The fraction of sp³-hybridized carbons (Fsp3) is 0.333. The minimum Gasteiger partial charge on any atom is -0.342 e. The first-order chi connectivity index (χ1) is 10.0. The van der Waals surface area contributed by atoms with Crippen LogP contribution >= 0.6 is 15.9 Å². The Kier molecular flexibility index (Phi) is 5.43. The van der Waals surface area contributed by atoms with Crippen LogP contribution in [0.3, 0.4) is 0 Å². The number of nitrogens with zero attached hydrogens (tertiary/aromatic N) is 1. The minimum absolute atomic E-state index is 0.172. The van der Waals surface area contributed by atoms with E-state index in [0.717, 1.165) is 17.4 Å². The average molecular weight is 347 g/mol. The van der Waals surface area contributed by atoms with Crippen molar-refractivity contribution in [3.8, 4) is 0 Å². The van der Waals surface area contributed by atoms with Crippen LogP contribution in [0.2, 0.25) is 0 Å². The van der Waals surface area contributed by atoms with Gasteiger partial charge in [0.25, 0.3) is 0 Å². The number of anilines is 2. The van der Waals surface area contributed by atoms with Gasteiger partial charge in [-0.2, -0.15) is 0 Å². The summed E-state index contributed by atoms with van der Waals surface area (Å²) < 4.78 is 1.13. The number of nitrogens with two attached hydrogens (primary N) is 1. The standard InChI is InChI=1S/C18H23BrN2/c1-4-21(18-8-6-5-7-13(18)2)16-10-9-15(11-14(3)20)17(19)12-16/h5-10,12,14H,4,11,20H2,1-3H3. The van der Waals surface area contributed by atoms with Crippen molar-refractivity contribution in [3.63, 3.8) is 0 Å². The number of hydrogen-bond donors (Lipinski definition) is 1. The van der Waals surface area contributed by atoms with Crippen LogP contribution in [0.1, 0.15) is 25.0 Å². The van der Waals surface area contributed by atoms with Gasteiger partial charge in [0.1, 0.15) is 0 Å². The minimum atomic E-state index is 0.172. The van der Waals surface area contributed by atoms with Gasteiger partial charge >= 0.3 is 0 Å². The summed E-state index contributed by atoms with van der Waals surface area (Å²) in [4.78, 5) is 2.33. The van der Waals surface area contributed by atoms with Gasteiger partial charge in [0.2, 0.25) is 0 Å². The molecule has 0 fully saturated rings. The Morgan fingerprint density at radius 2 is 1.90 bits per heavy atom. The molecule has 0 aliphatic heterocycles. The maximum Gasteiger partial charge on any atom is 0.0440 e. The number of para-hydroxylation sites is 1. The van der Waals surface area contributed by atoms with Crippen molar-refractivity contribution in [2.45, 2.75) is 33.2 Å². The molecule has 0 aromatic heterocycles. The molecule has 0 saturated heterocycles. The molecule has 0 saturated carbocycles. The number of rotatable bonds is 5. The second-order valence-corrected chi connectivity index (χ2v) is 6.34. The van der Waals surface area contributed by atoms with E-state index >= 15 is 0 Å². The van der Waals surface area contributed by atoms with Crippen LogP contribution in [-0.2, 0) is 6.42 Å². The lowest BCUT2D eigenvalue weighted by Crippen LogP contribution is -2.19. The summed E-state index contributed by atoms with van der Waals surface area (Å²) in [5, 5.41) is 0. The summed E-state index contributed by atoms with van der Waals surface area (Å²) in [6.45, 7) is 7.30. The lowest BCUT2D eigenvalue weighted by molar-refractivity contribution is 0.736. The van der Waals surface area contributed by atoms with Crippen molar-refractivity contribution < 1.29 is 0 Å². The van der Waals surface area contributed by atoms with Gasteiger partial charge in [-0.05, 0) is 56.5 Å². The molecule has 0 amide bonds. The SMILES string of the molecule is CCN(c1ccc(CC(C)N)c(Br)c1)c1ccccc1C. The van der Waals surface area contributed by atoms with Gasteiger partial charge in [0.15, 0.2) is 0 Å². The average Bonchev–Trinajstić information content (AvgIpc) is 2.44. The summed E-state index contributed by atoms with van der Waals surface area (Å²) in [5.74, 6) is 0. The molecular formula is C18H23BrN2. The fourth-order valence-electron chi connectivity index (χ4n) is 2.57. The van der Waals surface area contributed by atoms with Crippen LogP contribution in [0.4, 0.5) is 11.4 Å². The molecule has 0 aliphatic rings. The summed E-state index contributed by atoms with van der Waals surface area (Å²) in [7, 11) is 0. The summed E-state index contributed by atoms with van der Waals surface area (Å²) in [6, 6.07) is 15.2. The smallest absolute Gasteiger partial charge is 0.0440 e. The van der Waals surface area contributed by atoms with Gasteiger partial charge in [0.05, 0.1) is 0 Å². The molecule has 2 aromatic rings. The van der Waals surface area contributed by atoms with Crippen molar-refractivity contribution in [1.82, 2.24) is 0 Å². The van der Waals surface area contributed by atoms with E-state index in [0.29, 0.717) is 0 Å². The van der Waals surface area contributed by atoms with Crippen molar-refractivity contribution in [1.29, 1.82) is 0 Å². The van der Waals surface area contributed by atoms with Crippen LogP contribution < -0.4 is 10.6 Å². The molecule has 0 aliphatic carbocycles. The molecule has 112 valence electrons. The molecule has 1 atom stereocenters. The third-order valence-corrected chi connectivity index (χ3v) is 4.35. The monoisotopic (exact) mass is 346 g/mol. The van der Waals surface area contributed by atoms with E-state index in [1.54, 1.807) is 0 Å². The highest BCUT2D eigenvalue weighted by molar-refractivity contribution is 9.10. The zero-order valence-corrected chi connectivity index (χ0v) is 14.5. The van der Waals surface area contributed by atoms with Crippen LogP contribution in [-0.4, -0.2) is 12.6 Å². The number of halogens is 1. The van der Waals surface area contributed by atoms with E-state index in [2.05, 4.69) is 77.1 Å². The second-order valence-electron chi connectivity index (χ2n) is 5.49. The third kappa shape index (κ3) is 3.86. The van der Waals surface area contributed by atoms with E-state index in [9.17, 15) is 0 Å². The molecule has 3 heteroatoms. The Morgan fingerprint density at radius 3 is 2.48 bits per heavy atom. The van der Waals surface area contributed by atoms with Crippen molar-refractivity contribution in [2.24, 2.45) is 5.73 Å². The highest BCUT2D eigenvalue weighted by Gasteiger charge is 2.11. The highest BCUT2D eigenvalue weighted by Crippen LogP contribution is 2.31. The molecule has 0 heterocycles. The largest absolute Gasteiger partial charge is 0.342 e. The highest BCUT2D eigenvalue weighted by atomic mass is 79.9. The predicted octanol–water partition coefficient (Wildman–Crippen LogP) is 4.81. The number of hydrogen-bond acceptors (Lipinski definition) is 2. The van der Waals surface area contributed by atoms with Gasteiger partial charge in [-0.1, -0.05) is 40.2 Å². The lowest BCUT2D eigenvalue weighted by Gasteiger charge is -2.26. The van der Waals surface area contributed by atoms with Gasteiger partial charge < -0.3 is 10.6 Å². The maximum atomic E-state index is 5.90. The molecule has 1 unspecified atom stereocenters. The van der Waals surface area contributed by atoms with E-state index in [4.69, 9.17) is 5.73 Å². The normalized spacial score (nSPS) is 12.2. The predicted molar refractivity (Wildman–Crippen MR) is 95.4 cm³/mol. The maximum absolute atomic E-state index is 5.90. The van der Waals surface area contributed by atoms with Crippen molar-refractivity contribution in [2.75, 3.05) is 11.4 Å². The number of aryl methyl sites for hydroxylation is 1. The second kappa shape index (κ2) is 7.10. The zero-order valence-electron chi connectivity index (χ0n) is 12.9. The first-order valence-electron chi connectivity index (χ1n) is 7.40. The van der Waals surface area contributed by atoms with Gasteiger partial charge in [0, 0.05) is 28.4 Å². The summed E-state index contributed by atoms with van der Waals surface area (Å²) in [6.07, 6.45) is 0.886.